The summed E-state index contributed by atoms with van der Waals surface area (Å²) >= 11 is 0. The Balaban J connectivity index is 1.54. The summed E-state index contributed by atoms with van der Waals surface area (Å²) < 4.78 is 0. The van der Waals surface area contributed by atoms with Crippen LogP contribution in [0.1, 0.15) is 72.3 Å². The third-order valence-electron chi connectivity index (χ3n) is 12.7. The highest BCUT2D eigenvalue weighted by Gasteiger charge is 2.70. The predicted molar refractivity (Wildman–Crippen MR) is 229 cm³/mol. The second kappa shape index (κ2) is 17.9. The fraction of sp³-hybridized carbons (Fsp3) is 0.545. The van der Waals surface area contributed by atoms with Crippen LogP contribution < -0.4 is 42.3 Å². The molecule has 8 amide bonds. The molecule has 2 saturated carbocycles. The van der Waals surface area contributed by atoms with E-state index in [1.54, 1.807) is 70.2 Å². The van der Waals surface area contributed by atoms with Crippen LogP contribution in [0.3, 0.4) is 0 Å². The smallest absolute Gasteiger partial charge is 0.340 e. The van der Waals surface area contributed by atoms with E-state index in [0.717, 1.165) is 10.5 Å². The summed E-state index contributed by atoms with van der Waals surface area (Å²) in [5, 5.41) is 35.8. The molecular weight excluding hydrogens is 811 g/mol. The van der Waals surface area contributed by atoms with Crippen molar-refractivity contribution in [3.63, 3.8) is 0 Å². The number of carbonyl (C=O) groups is 7. The molecule has 0 aromatic heterocycles. The van der Waals surface area contributed by atoms with Crippen LogP contribution in [0.25, 0.3) is 0 Å². The molecule has 2 aromatic rings. The van der Waals surface area contributed by atoms with E-state index < -0.39 is 94.4 Å². The molecule has 19 heteroatoms. The third-order valence-corrected chi connectivity index (χ3v) is 12.7. The number of likely N-dealkylation sites (N-methyl/N-ethyl adjacent to an activating group) is 1. The number of hydrogen-bond acceptors (Lipinski definition) is 11. The van der Waals surface area contributed by atoms with E-state index in [0.29, 0.717) is 5.69 Å². The molecule has 8 N–H and O–H groups in total. The Kier molecular flexibility index (Phi) is 13.2. The van der Waals surface area contributed by atoms with Crippen LogP contribution in [0.15, 0.2) is 60.7 Å². The van der Waals surface area contributed by atoms with Crippen LogP contribution in [-0.4, -0.2) is 124 Å². The Morgan fingerprint density at radius 3 is 2.19 bits per heavy atom. The van der Waals surface area contributed by atoms with Crippen LogP contribution >= 0.6 is 0 Å². The average Bonchev–Trinajstić information content (AvgIpc) is 4.15. The van der Waals surface area contributed by atoms with Gasteiger partial charge in [0.15, 0.2) is 11.9 Å². The van der Waals surface area contributed by atoms with E-state index in [9.17, 15) is 34.3 Å². The van der Waals surface area contributed by atoms with E-state index in [1.165, 1.54) is 16.8 Å². The monoisotopic (exact) mass is 869 g/mol. The molecule has 2 saturated heterocycles. The summed E-state index contributed by atoms with van der Waals surface area (Å²) in [6.45, 7) is 9.83. The summed E-state index contributed by atoms with van der Waals surface area (Å²) in [6, 6.07) is 16.7. The Labute approximate surface area is 367 Å². The molecule has 0 bridgehead atoms. The highest BCUT2D eigenvalue weighted by atomic mass is 16.3. The van der Waals surface area contributed by atoms with Gasteiger partial charge in [0.05, 0.1) is 6.07 Å². The Hall–Kier alpha value is -6.10. The Morgan fingerprint density at radius 1 is 0.952 bits per heavy atom. The molecule has 19 nitrogen and oxygen atoms in total. The van der Waals surface area contributed by atoms with Crippen molar-refractivity contribution in [1.82, 2.24) is 47.2 Å². The molecule has 4 aliphatic rings. The highest BCUT2D eigenvalue weighted by Crippen LogP contribution is 2.53. The number of rotatable bonds is 8. The number of benzene rings is 2. The maximum atomic E-state index is 15.5. The van der Waals surface area contributed by atoms with Gasteiger partial charge in [-0.15, -0.1) is 0 Å². The topological polar surface area (TPSA) is 257 Å². The maximum absolute atomic E-state index is 15.5. The zero-order chi connectivity index (χ0) is 46.1. The van der Waals surface area contributed by atoms with Gasteiger partial charge in [-0.3, -0.25) is 49.3 Å². The summed E-state index contributed by atoms with van der Waals surface area (Å²) in [5.41, 5.74) is -0.492. The lowest BCUT2D eigenvalue weighted by Crippen LogP contribution is -2.75. The normalized spacial score (nSPS) is 30.1. The van der Waals surface area contributed by atoms with Gasteiger partial charge < -0.3 is 31.3 Å². The highest BCUT2D eigenvalue weighted by molar-refractivity contribution is 6.36. The molecule has 8 atom stereocenters. The number of para-hydroxylation sites is 1. The second-order valence-electron chi connectivity index (χ2n) is 18.4. The predicted octanol–water partition coefficient (Wildman–Crippen LogP) is 0.148. The number of urea groups is 1. The zero-order valence-electron chi connectivity index (χ0n) is 36.8. The van der Waals surface area contributed by atoms with Crippen LogP contribution in [0, 0.1) is 29.1 Å². The van der Waals surface area contributed by atoms with Gasteiger partial charge in [-0.25, -0.2) is 10.2 Å². The van der Waals surface area contributed by atoms with Gasteiger partial charge >= 0.3 is 17.8 Å². The van der Waals surface area contributed by atoms with Gasteiger partial charge in [-0.2, -0.15) is 5.26 Å². The molecule has 338 valence electrons. The molecule has 5 unspecified atom stereocenters. The van der Waals surface area contributed by atoms with E-state index >= 15 is 9.59 Å². The lowest BCUT2D eigenvalue weighted by molar-refractivity contribution is -0.152. The molecule has 2 heterocycles. The van der Waals surface area contributed by atoms with Crippen LogP contribution in [0.4, 0.5) is 10.5 Å². The first-order valence-electron chi connectivity index (χ1n) is 21.3. The van der Waals surface area contributed by atoms with Crippen molar-refractivity contribution in [2.75, 3.05) is 38.1 Å². The Bertz CT molecular complexity index is 2150. The largest absolute Gasteiger partial charge is 0.365 e. The number of likely N-dealkylation sites (tertiary alicyclic amines) is 1. The van der Waals surface area contributed by atoms with Crippen molar-refractivity contribution >= 4 is 47.2 Å². The minimum absolute atomic E-state index is 0.0183. The van der Waals surface area contributed by atoms with Crippen LogP contribution in [-0.2, 0) is 28.8 Å². The van der Waals surface area contributed by atoms with Crippen molar-refractivity contribution in [3.8, 4) is 6.07 Å². The van der Waals surface area contributed by atoms with Crippen molar-refractivity contribution in [1.29, 1.82) is 5.26 Å². The van der Waals surface area contributed by atoms with Crippen molar-refractivity contribution in [2.45, 2.75) is 101 Å². The Morgan fingerprint density at radius 2 is 1.60 bits per heavy atom. The van der Waals surface area contributed by atoms with Gasteiger partial charge in [0.2, 0.25) is 17.7 Å². The number of nitrogens with one attached hydrogen (secondary N) is 7. The van der Waals surface area contributed by atoms with Gasteiger partial charge in [0.25, 0.3) is 5.91 Å². The lowest BCUT2D eigenvalue weighted by atomic mass is 9.79. The van der Waals surface area contributed by atoms with Crippen LogP contribution in [0.5, 0.6) is 0 Å². The van der Waals surface area contributed by atoms with Gasteiger partial charge in [-0.1, -0.05) is 69.3 Å². The fourth-order valence-electron chi connectivity index (χ4n) is 9.25. The van der Waals surface area contributed by atoms with E-state index in [1.807, 2.05) is 32.0 Å². The zero-order valence-corrected chi connectivity index (χ0v) is 36.8. The van der Waals surface area contributed by atoms with Crippen molar-refractivity contribution in [3.05, 3.63) is 66.2 Å². The molecule has 2 aromatic carbocycles. The number of hydrazine groups is 1. The van der Waals surface area contributed by atoms with E-state index in [-0.39, 0.29) is 50.7 Å². The number of fused-ring (bicyclic) bond motifs is 1. The first-order chi connectivity index (χ1) is 29.8. The first kappa shape index (κ1) is 46.4. The van der Waals surface area contributed by atoms with Gasteiger partial charge in [0, 0.05) is 62.7 Å². The number of aliphatic hydroxyl groups excluding tert-OH is 1. The van der Waals surface area contributed by atoms with Crippen LogP contribution in [0.2, 0.25) is 0 Å². The van der Waals surface area contributed by atoms with Gasteiger partial charge in [-0.05, 0) is 63.1 Å². The minimum atomic E-state index is -2.40. The number of carbonyl (C=O) groups excluding carboxylic acids is 7. The van der Waals surface area contributed by atoms with Crippen molar-refractivity contribution < 1.29 is 38.7 Å². The molecular formula is C44H59N11O8. The van der Waals surface area contributed by atoms with Crippen molar-refractivity contribution in [2.24, 2.45) is 17.8 Å². The summed E-state index contributed by atoms with van der Waals surface area (Å²) in [4.78, 5) is 105. The summed E-state index contributed by atoms with van der Waals surface area (Å²) in [5.74, 6) is -7.83. The average molecular weight is 870 g/mol. The molecule has 2 aliphatic heterocycles. The van der Waals surface area contributed by atoms with E-state index in [4.69, 9.17) is 0 Å². The summed E-state index contributed by atoms with van der Waals surface area (Å²) in [7, 11) is 1.43. The standard InChI is InChI=1S/C44H59N11O8/c1-26(2)30-23-42(30,36(59)46-7)48-38(61)44-27(3)25-55(35(58)34(57)47-41(4,5)6)32(44)33(56)51-52-40(63)54(29-17-12-9-13-18-29)22-21-53(20-14-19-45)39(62)50-43(37(60)49-44)24-31(43)28-15-10-8-11-16-28/h8-13,15-18,26-27,30-32,39,50,62H,14,20-25H2,1-7H3,(H,46,59)(H,47,57)(H,48,61)(H,49,60)(H,51,56)(H,52,63)/t27-,30-,31?,32+,39?,42?,43?,44?/m0/s1. The fourth-order valence-corrected chi connectivity index (χ4v) is 9.25. The second-order valence-corrected chi connectivity index (χ2v) is 18.4. The quantitative estimate of drug-likeness (QED) is 0.166. The van der Waals surface area contributed by atoms with E-state index in [2.05, 4.69) is 43.5 Å². The molecule has 1 spiro atoms. The number of amides is 8. The number of hydrogen-bond donors (Lipinski definition) is 8. The maximum Gasteiger partial charge on any atom is 0.340 e. The molecule has 0 radical (unpaired) electrons. The molecule has 6 rings (SSSR count). The minimum Gasteiger partial charge on any atom is -0.365 e. The third kappa shape index (κ3) is 9.06. The number of nitriles is 1. The molecule has 63 heavy (non-hydrogen) atoms. The number of anilines is 1. The molecule has 4 fully saturated rings. The molecule has 2 aliphatic carbocycles. The number of nitrogens with zero attached hydrogens (tertiary/aromatic N) is 4. The lowest BCUT2D eigenvalue weighted by Gasteiger charge is -2.41. The first-order valence-corrected chi connectivity index (χ1v) is 21.3. The SMILES string of the molecule is CNC(=O)C1(NC(=O)C23NC(=O)C4(CC4c4ccccc4)NC(O)N(CCC#N)CCN(c4ccccc4)C(=O)NNC(=O)[C@H]2N(C(=O)C(=O)NC(C)(C)C)C[C@@H]3C)C[C@H]1C(C)C. The summed E-state index contributed by atoms with van der Waals surface area (Å²) in [6.07, 6.45) is -1.26. The van der Waals surface area contributed by atoms with Gasteiger partial charge in [0.1, 0.15) is 17.1 Å². The number of aliphatic hydroxyl groups is 1.